The van der Waals surface area contributed by atoms with Gasteiger partial charge in [-0.05, 0) is 41.5 Å². The molecular weight excluding hydrogens is 219 g/mol. The average molecular weight is 228 g/mol. The van der Waals surface area contributed by atoms with Gasteiger partial charge in [0.2, 0.25) is 0 Å². The second-order valence-corrected chi connectivity index (χ2v) is 3.63. The molecule has 2 aromatic rings. The minimum absolute atomic E-state index is 0.355. The zero-order chi connectivity index (χ0) is 12.3. The minimum atomic E-state index is -0.355. The molecule has 84 valence electrons. The molecule has 0 fully saturated rings. The van der Waals surface area contributed by atoms with Gasteiger partial charge in [0, 0.05) is 11.1 Å². The van der Waals surface area contributed by atoms with E-state index in [9.17, 15) is 14.0 Å². The predicted octanol–water partition coefficient (Wildman–Crippen LogP) is 3.12. The molecule has 0 saturated heterocycles. The number of aldehydes is 2. The van der Waals surface area contributed by atoms with E-state index in [-0.39, 0.29) is 5.82 Å². The van der Waals surface area contributed by atoms with Gasteiger partial charge in [0.15, 0.2) is 0 Å². The summed E-state index contributed by atoms with van der Waals surface area (Å²) in [6.45, 7) is 0. The number of hydrogen-bond acceptors (Lipinski definition) is 2. The van der Waals surface area contributed by atoms with Gasteiger partial charge in [-0.2, -0.15) is 0 Å². The van der Waals surface area contributed by atoms with Crippen molar-refractivity contribution in [1.29, 1.82) is 0 Å². The van der Waals surface area contributed by atoms with Crippen LogP contribution in [0.4, 0.5) is 4.39 Å². The fourth-order valence-corrected chi connectivity index (χ4v) is 1.65. The van der Waals surface area contributed by atoms with E-state index in [1.54, 1.807) is 24.3 Å². The highest BCUT2D eigenvalue weighted by atomic mass is 19.1. The van der Waals surface area contributed by atoms with Crippen molar-refractivity contribution in [3.05, 3.63) is 59.4 Å². The summed E-state index contributed by atoms with van der Waals surface area (Å²) in [5.41, 5.74) is 2.08. The van der Waals surface area contributed by atoms with E-state index < -0.39 is 0 Å². The monoisotopic (exact) mass is 228 g/mol. The highest BCUT2D eigenvalue weighted by molar-refractivity contribution is 5.86. The lowest BCUT2D eigenvalue weighted by atomic mass is 10.0. The summed E-state index contributed by atoms with van der Waals surface area (Å²) < 4.78 is 13.1. The molecule has 17 heavy (non-hydrogen) atoms. The van der Waals surface area contributed by atoms with Gasteiger partial charge in [-0.15, -0.1) is 0 Å². The molecule has 0 spiro atoms. The Morgan fingerprint density at radius 2 is 1.47 bits per heavy atom. The predicted molar refractivity (Wildman–Crippen MR) is 62.6 cm³/mol. The maximum Gasteiger partial charge on any atom is 0.150 e. The second kappa shape index (κ2) is 4.70. The summed E-state index contributed by atoms with van der Waals surface area (Å²) in [4.78, 5) is 21.5. The Morgan fingerprint density at radius 3 is 2.00 bits per heavy atom. The van der Waals surface area contributed by atoms with Gasteiger partial charge in [0.25, 0.3) is 0 Å². The van der Waals surface area contributed by atoms with Crippen LogP contribution in [0.1, 0.15) is 20.7 Å². The number of carbonyl (C=O) groups is 2. The summed E-state index contributed by atoms with van der Waals surface area (Å²) in [7, 11) is 0. The summed E-state index contributed by atoms with van der Waals surface area (Å²) in [6, 6.07) is 10.7. The highest BCUT2D eigenvalue weighted by Crippen LogP contribution is 2.22. The van der Waals surface area contributed by atoms with Crippen LogP contribution < -0.4 is 0 Å². The third-order valence-corrected chi connectivity index (χ3v) is 2.41. The van der Waals surface area contributed by atoms with E-state index >= 15 is 0 Å². The fourth-order valence-electron chi connectivity index (χ4n) is 1.65. The standard InChI is InChI=1S/C14H9FO2/c15-14-3-1-2-12(7-14)13-5-10(8-16)4-11(6-13)9-17/h1-9H. The zero-order valence-corrected chi connectivity index (χ0v) is 8.89. The van der Waals surface area contributed by atoms with Crippen LogP contribution >= 0.6 is 0 Å². The van der Waals surface area contributed by atoms with Crippen LogP contribution in [-0.4, -0.2) is 12.6 Å². The third-order valence-electron chi connectivity index (χ3n) is 2.41. The van der Waals surface area contributed by atoms with Gasteiger partial charge >= 0.3 is 0 Å². The molecule has 2 aromatic carbocycles. The molecule has 0 atom stereocenters. The van der Waals surface area contributed by atoms with Crippen LogP contribution in [0, 0.1) is 5.82 Å². The van der Waals surface area contributed by atoms with Gasteiger partial charge in [-0.3, -0.25) is 9.59 Å². The first kappa shape index (κ1) is 11.2. The Bertz CT molecular complexity index is 550. The molecule has 0 amide bonds. The van der Waals surface area contributed by atoms with Crippen molar-refractivity contribution < 1.29 is 14.0 Å². The molecule has 0 bridgehead atoms. The van der Waals surface area contributed by atoms with E-state index in [1.807, 2.05) is 0 Å². The van der Waals surface area contributed by atoms with Crippen LogP contribution in [0.15, 0.2) is 42.5 Å². The third kappa shape index (κ3) is 2.45. The van der Waals surface area contributed by atoms with Crippen LogP contribution in [-0.2, 0) is 0 Å². The van der Waals surface area contributed by atoms with E-state index in [0.717, 1.165) is 0 Å². The summed E-state index contributed by atoms with van der Waals surface area (Å²) in [6.07, 6.45) is 1.32. The molecule has 0 N–H and O–H groups in total. The zero-order valence-electron chi connectivity index (χ0n) is 8.89. The van der Waals surface area contributed by atoms with Crippen molar-refractivity contribution in [3.8, 4) is 11.1 Å². The molecule has 3 heteroatoms. The van der Waals surface area contributed by atoms with Gasteiger partial charge in [0.05, 0.1) is 0 Å². The first-order valence-electron chi connectivity index (χ1n) is 5.04. The number of carbonyl (C=O) groups excluding carboxylic acids is 2. The van der Waals surface area contributed by atoms with E-state index in [0.29, 0.717) is 34.8 Å². The number of halogens is 1. The lowest BCUT2D eigenvalue weighted by Crippen LogP contribution is -1.89. The quantitative estimate of drug-likeness (QED) is 0.756. The number of rotatable bonds is 3. The van der Waals surface area contributed by atoms with Gasteiger partial charge in [-0.25, -0.2) is 4.39 Å². The first-order valence-corrected chi connectivity index (χ1v) is 5.04. The smallest absolute Gasteiger partial charge is 0.150 e. The summed E-state index contributed by atoms with van der Waals surface area (Å²) >= 11 is 0. The Labute approximate surface area is 97.7 Å². The van der Waals surface area contributed by atoms with Gasteiger partial charge < -0.3 is 0 Å². The molecule has 0 heterocycles. The molecule has 2 rings (SSSR count). The SMILES string of the molecule is O=Cc1cc(C=O)cc(-c2cccc(F)c2)c1. The second-order valence-electron chi connectivity index (χ2n) is 3.63. The molecule has 0 aliphatic rings. The molecule has 0 aromatic heterocycles. The largest absolute Gasteiger partial charge is 0.298 e. The van der Waals surface area contributed by atoms with Crippen LogP contribution in [0.3, 0.4) is 0 Å². The molecule has 0 aliphatic carbocycles. The van der Waals surface area contributed by atoms with E-state index in [2.05, 4.69) is 0 Å². The Morgan fingerprint density at radius 1 is 0.824 bits per heavy atom. The summed E-state index contributed by atoms with van der Waals surface area (Å²) in [5.74, 6) is -0.355. The maximum atomic E-state index is 13.1. The van der Waals surface area contributed by atoms with Crippen molar-refractivity contribution in [2.75, 3.05) is 0 Å². The fraction of sp³-hybridized carbons (Fsp3) is 0. The van der Waals surface area contributed by atoms with Crippen molar-refractivity contribution in [2.24, 2.45) is 0 Å². The van der Waals surface area contributed by atoms with Crippen molar-refractivity contribution >= 4 is 12.6 Å². The molecule has 0 aliphatic heterocycles. The first-order chi connectivity index (χ1) is 8.22. The molecule has 0 saturated carbocycles. The Hall–Kier alpha value is -2.29. The van der Waals surface area contributed by atoms with Crippen molar-refractivity contribution in [2.45, 2.75) is 0 Å². The minimum Gasteiger partial charge on any atom is -0.298 e. The van der Waals surface area contributed by atoms with Gasteiger partial charge in [-0.1, -0.05) is 12.1 Å². The van der Waals surface area contributed by atoms with Gasteiger partial charge in [0.1, 0.15) is 18.4 Å². The molecule has 0 radical (unpaired) electrons. The normalized spacial score (nSPS) is 9.94. The topological polar surface area (TPSA) is 34.1 Å². The van der Waals surface area contributed by atoms with Crippen LogP contribution in [0.2, 0.25) is 0 Å². The Balaban J connectivity index is 2.58. The average Bonchev–Trinajstić information content (AvgIpc) is 2.38. The highest BCUT2D eigenvalue weighted by Gasteiger charge is 2.03. The number of hydrogen-bond donors (Lipinski definition) is 0. The lowest BCUT2D eigenvalue weighted by molar-refractivity contribution is 0.112. The molecule has 0 unspecified atom stereocenters. The Kier molecular flexibility index (Phi) is 3.10. The van der Waals surface area contributed by atoms with Crippen molar-refractivity contribution in [3.63, 3.8) is 0 Å². The van der Waals surface area contributed by atoms with E-state index in [1.165, 1.54) is 18.2 Å². The van der Waals surface area contributed by atoms with Crippen LogP contribution in [0.25, 0.3) is 11.1 Å². The number of benzene rings is 2. The maximum absolute atomic E-state index is 13.1. The van der Waals surface area contributed by atoms with E-state index in [4.69, 9.17) is 0 Å². The summed E-state index contributed by atoms with van der Waals surface area (Å²) in [5, 5.41) is 0. The molecular formula is C14H9FO2. The van der Waals surface area contributed by atoms with Crippen molar-refractivity contribution in [1.82, 2.24) is 0 Å². The lowest BCUT2D eigenvalue weighted by Gasteiger charge is -2.04. The van der Waals surface area contributed by atoms with Crippen LogP contribution in [0.5, 0.6) is 0 Å². The molecule has 2 nitrogen and oxygen atoms in total.